The molecule has 1 N–H and O–H groups in total. The summed E-state index contributed by atoms with van der Waals surface area (Å²) in [5.74, 6) is -0.820. The minimum Gasteiger partial charge on any atom is -0.480 e. The van der Waals surface area contributed by atoms with Gasteiger partial charge in [0.05, 0.1) is 6.54 Å². The first-order chi connectivity index (χ1) is 13.1. The molecule has 3 aromatic carbocycles. The number of carboxylic acid groups (broad SMARTS) is 1. The lowest BCUT2D eigenvalue weighted by atomic mass is 9.95. The summed E-state index contributed by atoms with van der Waals surface area (Å²) >= 11 is 0. The summed E-state index contributed by atoms with van der Waals surface area (Å²) in [6, 6.07) is 29.0. The molecule has 0 aliphatic carbocycles. The van der Waals surface area contributed by atoms with E-state index in [-0.39, 0.29) is 6.54 Å². The highest BCUT2D eigenvalue weighted by molar-refractivity contribution is 5.81. The van der Waals surface area contributed by atoms with Crippen molar-refractivity contribution in [2.45, 2.75) is 0 Å². The van der Waals surface area contributed by atoms with E-state index < -0.39 is 5.97 Å². The van der Waals surface area contributed by atoms with E-state index in [1.807, 2.05) is 43.4 Å². The lowest BCUT2D eigenvalue weighted by Gasteiger charge is -2.14. The van der Waals surface area contributed by atoms with Crippen molar-refractivity contribution in [2.24, 2.45) is 0 Å². The Morgan fingerprint density at radius 2 is 1.33 bits per heavy atom. The van der Waals surface area contributed by atoms with Crippen molar-refractivity contribution in [3.8, 4) is 11.1 Å². The molecule has 0 aliphatic heterocycles. The average Bonchev–Trinajstić information content (AvgIpc) is 2.69. The van der Waals surface area contributed by atoms with Gasteiger partial charge in [-0.2, -0.15) is 0 Å². The number of carboxylic acids is 1. The number of rotatable bonds is 7. The molecular formula is C24H23NO2. The number of likely N-dealkylation sites (N-methyl/N-ethyl adjacent to an activating group) is 1. The molecule has 0 radical (unpaired) electrons. The molecule has 0 bridgehead atoms. The topological polar surface area (TPSA) is 40.5 Å². The van der Waals surface area contributed by atoms with Crippen LogP contribution in [0.15, 0.2) is 91.0 Å². The van der Waals surface area contributed by atoms with Crippen molar-refractivity contribution in [1.29, 1.82) is 0 Å². The van der Waals surface area contributed by atoms with E-state index in [1.54, 1.807) is 4.90 Å². The molecule has 0 fully saturated rings. The molecule has 3 heteroatoms. The molecule has 0 atom stereocenters. The van der Waals surface area contributed by atoms with E-state index >= 15 is 0 Å². The van der Waals surface area contributed by atoms with Crippen LogP contribution in [-0.4, -0.2) is 36.1 Å². The zero-order valence-corrected chi connectivity index (χ0v) is 15.4. The second-order valence-electron chi connectivity index (χ2n) is 6.52. The fourth-order valence-electron chi connectivity index (χ4n) is 3.04. The van der Waals surface area contributed by atoms with Gasteiger partial charge in [0.1, 0.15) is 0 Å². The largest absolute Gasteiger partial charge is 0.480 e. The zero-order chi connectivity index (χ0) is 19.1. The molecule has 0 saturated heterocycles. The predicted molar refractivity (Wildman–Crippen MR) is 111 cm³/mol. The van der Waals surface area contributed by atoms with Crippen LogP contribution < -0.4 is 0 Å². The van der Waals surface area contributed by atoms with Gasteiger partial charge in [0, 0.05) is 6.54 Å². The van der Waals surface area contributed by atoms with Crippen LogP contribution in [0.4, 0.5) is 0 Å². The first kappa shape index (κ1) is 18.6. The van der Waals surface area contributed by atoms with Crippen molar-refractivity contribution in [3.05, 3.63) is 102 Å². The SMILES string of the molecule is CN(C/C=C(\c1ccccc1)c1ccc(-c2ccccc2)cc1)CC(=O)O. The third-order valence-electron chi connectivity index (χ3n) is 4.40. The average molecular weight is 357 g/mol. The van der Waals surface area contributed by atoms with Crippen molar-refractivity contribution in [1.82, 2.24) is 4.90 Å². The highest BCUT2D eigenvalue weighted by atomic mass is 16.4. The van der Waals surface area contributed by atoms with E-state index in [2.05, 4.69) is 54.6 Å². The molecule has 3 aromatic rings. The van der Waals surface area contributed by atoms with Gasteiger partial charge < -0.3 is 5.11 Å². The lowest BCUT2D eigenvalue weighted by molar-refractivity contribution is -0.137. The summed E-state index contributed by atoms with van der Waals surface area (Å²) in [7, 11) is 1.81. The van der Waals surface area contributed by atoms with Gasteiger partial charge in [-0.25, -0.2) is 0 Å². The molecule has 3 rings (SSSR count). The third-order valence-corrected chi connectivity index (χ3v) is 4.40. The Labute approximate surface area is 160 Å². The van der Waals surface area contributed by atoms with Crippen LogP contribution in [0, 0.1) is 0 Å². The summed E-state index contributed by atoms with van der Waals surface area (Å²) in [5, 5.41) is 8.96. The van der Waals surface area contributed by atoms with Gasteiger partial charge in [-0.05, 0) is 34.9 Å². The van der Waals surface area contributed by atoms with E-state index in [9.17, 15) is 4.79 Å². The highest BCUT2D eigenvalue weighted by Crippen LogP contribution is 2.26. The quantitative estimate of drug-likeness (QED) is 0.660. The molecule has 0 aliphatic rings. The van der Waals surface area contributed by atoms with Crippen LogP contribution in [0.25, 0.3) is 16.7 Å². The maximum absolute atomic E-state index is 10.9. The van der Waals surface area contributed by atoms with Crippen molar-refractivity contribution in [3.63, 3.8) is 0 Å². The summed E-state index contributed by atoms with van der Waals surface area (Å²) in [6.07, 6.45) is 2.09. The summed E-state index contributed by atoms with van der Waals surface area (Å²) in [5.41, 5.74) is 5.70. The number of carbonyl (C=O) groups is 1. The smallest absolute Gasteiger partial charge is 0.317 e. The number of nitrogens with zero attached hydrogens (tertiary/aromatic N) is 1. The van der Waals surface area contributed by atoms with Gasteiger partial charge in [0.25, 0.3) is 0 Å². The Kier molecular flexibility index (Phi) is 6.18. The number of hydrogen-bond donors (Lipinski definition) is 1. The summed E-state index contributed by atoms with van der Waals surface area (Å²) in [6.45, 7) is 0.586. The van der Waals surface area contributed by atoms with E-state index in [4.69, 9.17) is 5.11 Å². The monoisotopic (exact) mass is 357 g/mol. The van der Waals surface area contributed by atoms with Crippen molar-refractivity contribution < 1.29 is 9.90 Å². The van der Waals surface area contributed by atoms with Crippen LogP contribution >= 0.6 is 0 Å². The van der Waals surface area contributed by atoms with Crippen molar-refractivity contribution in [2.75, 3.05) is 20.1 Å². The normalized spacial score (nSPS) is 11.6. The lowest BCUT2D eigenvalue weighted by Crippen LogP contribution is -2.25. The minimum atomic E-state index is -0.820. The Hall–Kier alpha value is -3.17. The van der Waals surface area contributed by atoms with E-state index in [0.717, 1.165) is 16.7 Å². The van der Waals surface area contributed by atoms with Gasteiger partial charge in [0.2, 0.25) is 0 Å². The fraction of sp³-hybridized carbons (Fsp3) is 0.125. The van der Waals surface area contributed by atoms with Crippen LogP contribution in [0.5, 0.6) is 0 Å². The molecule has 0 unspecified atom stereocenters. The molecular weight excluding hydrogens is 334 g/mol. The highest BCUT2D eigenvalue weighted by Gasteiger charge is 2.08. The maximum atomic E-state index is 10.9. The van der Waals surface area contributed by atoms with Crippen molar-refractivity contribution >= 4 is 11.5 Å². The van der Waals surface area contributed by atoms with E-state index in [0.29, 0.717) is 6.54 Å². The van der Waals surface area contributed by atoms with Crippen LogP contribution in [-0.2, 0) is 4.79 Å². The molecule has 27 heavy (non-hydrogen) atoms. The molecule has 136 valence electrons. The zero-order valence-electron chi connectivity index (χ0n) is 15.4. The Balaban J connectivity index is 1.90. The van der Waals surface area contributed by atoms with Crippen LogP contribution in [0.1, 0.15) is 11.1 Å². The van der Waals surface area contributed by atoms with Crippen LogP contribution in [0.3, 0.4) is 0 Å². The number of benzene rings is 3. The molecule has 0 spiro atoms. The molecule has 0 saturated carbocycles. The third kappa shape index (κ3) is 5.16. The van der Waals surface area contributed by atoms with Gasteiger partial charge in [-0.15, -0.1) is 0 Å². The maximum Gasteiger partial charge on any atom is 0.317 e. The Morgan fingerprint density at radius 1 is 0.815 bits per heavy atom. The second-order valence-corrected chi connectivity index (χ2v) is 6.52. The number of hydrogen-bond acceptors (Lipinski definition) is 2. The Morgan fingerprint density at radius 3 is 1.93 bits per heavy atom. The van der Waals surface area contributed by atoms with E-state index in [1.165, 1.54) is 11.1 Å². The molecule has 0 amide bonds. The first-order valence-corrected chi connectivity index (χ1v) is 8.95. The molecule has 0 aromatic heterocycles. The van der Waals surface area contributed by atoms with Gasteiger partial charge in [0.15, 0.2) is 0 Å². The van der Waals surface area contributed by atoms with Gasteiger partial charge in [-0.1, -0.05) is 91.0 Å². The summed E-state index contributed by atoms with van der Waals surface area (Å²) in [4.78, 5) is 12.7. The Bertz CT molecular complexity index is 900. The van der Waals surface area contributed by atoms with Crippen LogP contribution in [0.2, 0.25) is 0 Å². The standard InChI is InChI=1S/C24H23NO2/c1-25(18-24(26)27)17-16-23(21-10-6-3-7-11-21)22-14-12-20(13-15-22)19-8-4-2-5-9-19/h2-16H,17-18H2,1H3,(H,26,27)/b23-16+. The fourth-order valence-corrected chi connectivity index (χ4v) is 3.04. The minimum absolute atomic E-state index is 0.0194. The van der Waals surface area contributed by atoms with Gasteiger partial charge in [-0.3, -0.25) is 9.69 Å². The molecule has 0 heterocycles. The first-order valence-electron chi connectivity index (χ1n) is 8.95. The number of aliphatic carboxylic acids is 1. The second kappa shape index (κ2) is 8.97. The molecule has 3 nitrogen and oxygen atoms in total. The predicted octanol–water partition coefficient (Wildman–Crippen LogP) is 4.80. The summed E-state index contributed by atoms with van der Waals surface area (Å²) < 4.78 is 0. The van der Waals surface area contributed by atoms with Gasteiger partial charge >= 0.3 is 5.97 Å².